The Balaban J connectivity index is 2.16. The second kappa shape index (κ2) is 6.02. The Morgan fingerprint density at radius 1 is 1.11 bits per heavy atom. The molecule has 0 aliphatic carbocycles. The van der Waals surface area contributed by atoms with Crippen molar-refractivity contribution in [3.8, 4) is 5.75 Å². The topological polar surface area (TPSA) is 21.3 Å². The number of hydrogen-bond donors (Lipinski definition) is 1. The van der Waals surface area contributed by atoms with Gasteiger partial charge in [-0.3, -0.25) is 0 Å². The Hall–Kier alpha value is -1.62. The third-order valence-corrected chi connectivity index (χ3v) is 3.06. The van der Waals surface area contributed by atoms with Gasteiger partial charge in [0, 0.05) is 17.1 Å². The Morgan fingerprint density at radius 2 is 1.79 bits per heavy atom. The Kier molecular flexibility index (Phi) is 4.37. The van der Waals surface area contributed by atoms with Gasteiger partial charge in [0.2, 0.25) is 0 Å². The molecule has 100 valence electrons. The molecule has 1 N–H and O–H groups in total. The standard InChI is InChI=1S/C14H12BrF2NO/c1-19-14-3-2-10(15)6-13(14)18-8-9-4-11(16)7-12(17)5-9/h2-7,18H,8H2,1H3. The second-order valence-corrected chi connectivity index (χ2v) is 4.89. The van der Waals surface area contributed by atoms with Crippen molar-refractivity contribution < 1.29 is 13.5 Å². The van der Waals surface area contributed by atoms with Gasteiger partial charge in [0.1, 0.15) is 17.4 Å². The highest BCUT2D eigenvalue weighted by Gasteiger charge is 2.05. The Morgan fingerprint density at radius 3 is 2.42 bits per heavy atom. The van der Waals surface area contributed by atoms with E-state index in [2.05, 4.69) is 21.2 Å². The minimum atomic E-state index is -0.585. The molecule has 0 spiro atoms. The maximum atomic E-state index is 13.1. The van der Waals surface area contributed by atoms with Crippen LogP contribution >= 0.6 is 15.9 Å². The molecule has 5 heteroatoms. The van der Waals surface area contributed by atoms with Gasteiger partial charge in [-0.1, -0.05) is 15.9 Å². The van der Waals surface area contributed by atoms with Crippen LogP contribution < -0.4 is 10.1 Å². The third-order valence-electron chi connectivity index (χ3n) is 2.57. The van der Waals surface area contributed by atoms with Crippen molar-refractivity contribution in [2.24, 2.45) is 0 Å². The lowest BCUT2D eigenvalue weighted by atomic mass is 10.2. The number of benzene rings is 2. The molecule has 0 bridgehead atoms. The highest BCUT2D eigenvalue weighted by Crippen LogP contribution is 2.28. The van der Waals surface area contributed by atoms with Crippen molar-refractivity contribution in [3.63, 3.8) is 0 Å². The number of anilines is 1. The van der Waals surface area contributed by atoms with E-state index < -0.39 is 11.6 Å². The van der Waals surface area contributed by atoms with E-state index in [9.17, 15) is 8.78 Å². The lowest BCUT2D eigenvalue weighted by Crippen LogP contribution is -2.02. The lowest BCUT2D eigenvalue weighted by molar-refractivity contribution is 0.416. The second-order valence-electron chi connectivity index (χ2n) is 3.98. The summed E-state index contributed by atoms with van der Waals surface area (Å²) in [5, 5.41) is 3.09. The molecule has 2 nitrogen and oxygen atoms in total. The van der Waals surface area contributed by atoms with Crippen LogP contribution in [0.5, 0.6) is 5.75 Å². The van der Waals surface area contributed by atoms with Crippen LogP contribution in [0.15, 0.2) is 40.9 Å². The molecule has 0 aromatic heterocycles. The molecule has 0 atom stereocenters. The molecule has 0 saturated carbocycles. The van der Waals surface area contributed by atoms with Crippen molar-refractivity contribution in [1.29, 1.82) is 0 Å². The monoisotopic (exact) mass is 327 g/mol. The molecule has 2 aromatic rings. The van der Waals surface area contributed by atoms with Crippen LogP contribution in [0, 0.1) is 11.6 Å². The van der Waals surface area contributed by atoms with Crippen molar-refractivity contribution in [2.75, 3.05) is 12.4 Å². The predicted octanol–water partition coefficient (Wildman–Crippen LogP) is 4.35. The van der Waals surface area contributed by atoms with Gasteiger partial charge in [-0.15, -0.1) is 0 Å². The van der Waals surface area contributed by atoms with Crippen LogP contribution in [-0.2, 0) is 6.54 Å². The molecule has 0 aliphatic heterocycles. The first-order valence-corrected chi connectivity index (χ1v) is 6.40. The summed E-state index contributed by atoms with van der Waals surface area (Å²) in [6.45, 7) is 0.307. The van der Waals surface area contributed by atoms with Gasteiger partial charge in [0.15, 0.2) is 0 Å². The van der Waals surface area contributed by atoms with E-state index in [0.29, 0.717) is 17.9 Å². The van der Waals surface area contributed by atoms with Gasteiger partial charge in [-0.25, -0.2) is 8.78 Å². The van der Waals surface area contributed by atoms with Crippen LogP contribution in [0.3, 0.4) is 0 Å². The average molecular weight is 328 g/mol. The third kappa shape index (κ3) is 3.67. The van der Waals surface area contributed by atoms with Crippen molar-refractivity contribution in [3.05, 3.63) is 58.1 Å². The highest BCUT2D eigenvalue weighted by molar-refractivity contribution is 9.10. The van der Waals surface area contributed by atoms with E-state index >= 15 is 0 Å². The van der Waals surface area contributed by atoms with Crippen molar-refractivity contribution in [1.82, 2.24) is 0 Å². The van der Waals surface area contributed by atoms with Gasteiger partial charge >= 0.3 is 0 Å². The van der Waals surface area contributed by atoms with E-state index in [1.54, 1.807) is 13.2 Å². The van der Waals surface area contributed by atoms with E-state index in [4.69, 9.17) is 4.74 Å². The SMILES string of the molecule is COc1ccc(Br)cc1NCc1cc(F)cc(F)c1. The first-order valence-electron chi connectivity index (χ1n) is 5.61. The fraction of sp³-hybridized carbons (Fsp3) is 0.143. The number of ether oxygens (including phenoxy) is 1. The predicted molar refractivity (Wildman–Crippen MR) is 74.4 cm³/mol. The molecule has 0 heterocycles. The molecule has 2 aromatic carbocycles. The van der Waals surface area contributed by atoms with Crippen molar-refractivity contribution in [2.45, 2.75) is 6.54 Å². The maximum Gasteiger partial charge on any atom is 0.142 e. The zero-order valence-corrected chi connectivity index (χ0v) is 11.8. The molecule has 19 heavy (non-hydrogen) atoms. The number of hydrogen-bond acceptors (Lipinski definition) is 2. The summed E-state index contributed by atoms with van der Waals surface area (Å²) in [7, 11) is 1.57. The summed E-state index contributed by atoms with van der Waals surface area (Å²) in [5.41, 5.74) is 1.28. The van der Waals surface area contributed by atoms with Crippen LogP contribution in [0.25, 0.3) is 0 Å². The minimum Gasteiger partial charge on any atom is -0.495 e. The van der Waals surface area contributed by atoms with E-state index in [0.717, 1.165) is 16.2 Å². The van der Waals surface area contributed by atoms with Crippen LogP contribution in [-0.4, -0.2) is 7.11 Å². The zero-order valence-electron chi connectivity index (χ0n) is 10.2. The average Bonchev–Trinajstić information content (AvgIpc) is 2.35. The number of rotatable bonds is 4. The fourth-order valence-electron chi connectivity index (χ4n) is 1.73. The van der Waals surface area contributed by atoms with E-state index in [1.807, 2.05) is 12.1 Å². The summed E-state index contributed by atoms with van der Waals surface area (Å²) >= 11 is 3.36. The Bertz CT molecular complexity index is 569. The van der Waals surface area contributed by atoms with Crippen LogP contribution in [0.1, 0.15) is 5.56 Å². The first-order chi connectivity index (χ1) is 9.08. The smallest absolute Gasteiger partial charge is 0.142 e. The first kappa shape index (κ1) is 13.8. The van der Waals surface area contributed by atoms with E-state index in [1.165, 1.54) is 12.1 Å². The molecule has 0 fully saturated rings. The van der Waals surface area contributed by atoms with Gasteiger partial charge in [-0.2, -0.15) is 0 Å². The number of nitrogens with one attached hydrogen (secondary N) is 1. The molecule has 0 amide bonds. The maximum absolute atomic E-state index is 13.1. The van der Waals surface area contributed by atoms with Gasteiger partial charge < -0.3 is 10.1 Å². The normalized spacial score (nSPS) is 10.3. The fourth-order valence-corrected chi connectivity index (χ4v) is 2.09. The minimum absolute atomic E-state index is 0.307. The number of halogens is 3. The molecule has 0 aliphatic rings. The van der Waals surface area contributed by atoms with E-state index in [-0.39, 0.29) is 0 Å². The largest absolute Gasteiger partial charge is 0.495 e. The summed E-state index contributed by atoms with van der Waals surface area (Å²) in [6, 6.07) is 8.93. The lowest BCUT2D eigenvalue weighted by Gasteiger charge is -2.11. The number of methoxy groups -OCH3 is 1. The van der Waals surface area contributed by atoms with Crippen molar-refractivity contribution >= 4 is 21.6 Å². The summed E-state index contributed by atoms with van der Waals surface area (Å²) in [6.07, 6.45) is 0. The van der Waals surface area contributed by atoms with Gasteiger partial charge in [0.05, 0.1) is 12.8 Å². The van der Waals surface area contributed by atoms with Crippen LogP contribution in [0.2, 0.25) is 0 Å². The molecule has 0 unspecified atom stereocenters. The van der Waals surface area contributed by atoms with Crippen LogP contribution in [0.4, 0.5) is 14.5 Å². The van der Waals surface area contributed by atoms with Gasteiger partial charge in [-0.05, 0) is 35.9 Å². The quantitative estimate of drug-likeness (QED) is 0.901. The summed E-state index contributed by atoms with van der Waals surface area (Å²) in [5.74, 6) is -0.504. The highest BCUT2D eigenvalue weighted by atomic mass is 79.9. The zero-order chi connectivity index (χ0) is 13.8. The molecule has 0 radical (unpaired) electrons. The molecule has 0 saturated heterocycles. The molecular formula is C14H12BrF2NO. The summed E-state index contributed by atoms with van der Waals surface area (Å²) < 4.78 is 32.2. The summed E-state index contributed by atoms with van der Waals surface area (Å²) in [4.78, 5) is 0. The molecule has 2 rings (SSSR count). The van der Waals surface area contributed by atoms with Gasteiger partial charge in [0.25, 0.3) is 0 Å². The molecular weight excluding hydrogens is 316 g/mol. The Labute approximate surface area is 118 Å².